The summed E-state index contributed by atoms with van der Waals surface area (Å²) < 4.78 is 7.14. The van der Waals surface area contributed by atoms with Gasteiger partial charge in [-0.2, -0.15) is 4.73 Å². The molecule has 3 heterocycles. The number of pyridine rings is 1. The predicted molar refractivity (Wildman–Crippen MR) is 108 cm³/mol. The Bertz CT molecular complexity index is 933. The van der Waals surface area contributed by atoms with Crippen molar-refractivity contribution in [2.24, 2.45) is 0 Å². The zero-order valence-electron chi connectivity index (χ0n) is 16.4. The Hall–Kier alpha value is -3.35. The predicted octanol–water partition coefficient (Wildman–Crippen LogP) is 3.27. The van der Waals surface area contributed by atoms with Gasteiger partial charge in [-0.15, -0.1) is 0 Å². The third-order valence-electron chi connectivity index (χ3n) is 4.94. The van der Waals surface area contributed by atoms with Crippen LogP contribution in [0.3, 0.4) is 0 Å². The van der Waals surface area contributed by atoms with Gasteiger partial charge >= 0.3 is 6.09 Å². The van der Waals surface area contributed by atoms with E-state index in [1.807, 2.05) is 36.5 Å². The van der Waals surface area contributed by atoms with Crippen LogP contribution in [-0.4, -0.2) is 44.9 Å². The van der Waals surface area contributed by atoms with Gasteiger partial charge in [0.25, 0.3) is 0 Å². The summed E-state index contributed by atoms with van der Waals surface area (Å²) in [5, 5.41) is 0. The summed E-state index contributed by atoms with van der Waals surface area (Å²) in [5.41, 5.74) is 3.34. The molecule has 0 atom stereocenters. The number of hydrogen-bond acceptors (Lipinski definition) is 5. The highest BCUT2D eigenvalue weighted by atomic mass is 16.7. The minimum atomic E-state index is -0.320. The minimum Gasteiger partial charge on any atom is -0.410 e. The van der Waals surface area contributed by atoms with Crippen molar-refractivity contribution in [2.75, 3.05) is 13.1 Å². The Morgan fingerprint density at radius 2 is 1.93 bits per heavy atom. The van der Waals surface area contributed by atoms with Crippen molar-refractivity contribution in [1.82, 2.24) is 19.6 Å². The number of hydrogen-bond donors (Lipinski definition) is 0. The first-order valence-electron chi connectivity index (χ1n) is 9.78. The molecular weight excluding hydrogens is 368 g/mol. The van der Waals surface area contributed by atoms with Gasteiger partial charge in [-0.1, -0.05) is 12.1 Å². The van der Waals surface area contributed by atoms with E-state index in [0.717, 1.165) is 30.5 Å². The molecule has 1 aliphatic rings. The molecular formula is C22H24N4O3. The third-order valence-corrected chi connectivity index (χ3v) is 4.94. The summed E-state index contributed by atoms with van der Waals surface area (Å²) in [5.74, 6) is 0.549. The van der Waals surface area contributed by atoms with E-state index in [1.54, 1.807) is 28.4 Å². The lowest BCUT2D eigenvalue weighted by Gasteiger charge is -2.31. The molecule has 1 aliphatic heterocycles. The molecule has 0 spiro atoms. The number of benzene rings is 1. The van der Waals surface area contributed by atoms with Gasteiger partial charge in [0.1, 0.15) is 18.2 Å². The van der Waals surface area contributed by atoms with Gasteiger partial charge in [-0.05, 0) is 42.3 Å². The fraction of sp³-hybridized carbons (Fsp3) is 0.318. The highest BCUT2D eigenvalue weighted by molar-refractivity contribution is 5.70. The van der Waals surface area contributed by atoms with Crippen molar-refractivity contribution in [3.05, 3.63) is 78.1 Å². The SMILES string of the molecule is Cc1ccnc(Cc2ccc(OC(=O)N3CCC(On4ccnc4)CC3)cc2)c1. The van der Waals surface area contributed by atoms with Gasteiger partial charge < -0.3 is 14.5 Å². The molecule has 150 valence electrons. The van der Waals surface area contributed by atoms with E-state index in [4.69, 9.17) is 9.57 Å². The van der Waals surface area contributed by atoms with E-state index in [1.165, 1.54) is 5.56 Å². The molecule has 7 heteroatoms. The molecule has 1 aromatic carbocycles. The number of aromatic nitrogens is 3. The molecule has 0 radical (unpaired) electrons. The average molecular weight is 392 g/mol. The molecule has 0 bridgehead atoms. The smallest absolute Gasteiger partial charge is 0.410 e. The van der Waals surface area contributed by atoms with Crippen LogP contribution in [0.5, 0.6) is 5.75 Å². The molecule has 4 rings (SSSR count). The van der Waals surface area contributed by atoms with Crippen molar-refractivity contribution >= 4 is 6.09 Å². The van der Waals surface area contributed by atoms with E-state index in [-0.39, 0.29) is 12.2 Å². The maximum Gasteiger partial charge on any atom is 0.415 e. The summed E-state index contributed by atoms with van der Waals surface area (Å²) in [4.78, 5) is 28.3. The summed E-state index contributed by atoms with van der Waals surface area (Å²) in [7, 11) is 0. The normalized spacial score (nSPS) is 14.6. The van der Waals surface area contributed by atoms with E-state index >= 15 is 0 Å². The standard InChI is InChI=1S/C22H24N4O3/c1-17-6-9-24-19(14-17)15-18-2-4-20(5-3-18)28-22(27)25-11-7-21(8-12-25)29-26-13-10-23-16-26/h2-6,9-10,13-14,16,21H,7-8,11-12,15H2,1H3. The third kappa shape index (κ3) is 5.13. The van der Waals surface area contributed by atoms with Crippen LogP contribution in [-0.2, 0) is 6.42 Å². The second-order valence-electron chi connectivity index (χ2n) is 7.23. The van der Waals surface area contributed by atoms with Crippen LogP contribution in [0.25, 0.3) is 0 Å². The molecule has 0 unspecified atom stereocenters. The lowest BCUT2D eigenvalue weighted by atomic mass is 10.1. The number of ether oxygens (including phenoxy) is 1. The quantitative estimate of drug-likeness (QED) is 0.667. The lowest BCUT2D eigenvalue weighted by Crippen LogP contribution is -2.44. The van der Waals surface area contributed by atoms with Crippen molar-refractivity contribution in [3.63, 3.8) is 0 Å². The maximum absolute atomic E-state index is 12.4. The largest absolute Gasteiger partial charge is 0.415 e. The number of amides is 1. The second-order valence-corrected chi connectivity index (χ2v) is 7.23. The van der Waals surface area contributed by atoms with Crippen LogP contribution in [0.1, 0.15) is 29.7 Å². The molecule has 0 saturated carbocycles. The van der Waals surface area contributed by atoms with Gasteiger partial charge in [0.05, 0.1) is 6.20 Å². The van der Waals surface area contributed by atoms with Gasteiger partial charge in [0, 0.05) is 50.4 Å². The second kappa shape index (κ2) is 8.77. The first kappa shape index (κ1) is 19.0. The van der Waals surface area contributed by atoms with Crippen LogP contribution in [0.4, 0.5) is 4.79 Å². The molecule has 1 fully saturated rings. The number of piperidine rings is 1. The first-order valence-corrected chi connectivity index (χ1v) is 9.78. The molecule has 7 nitrogen and oxygen atoms in total. The van der Waals surface area contributed by atoms with Crippen LogP contribution < -0.4 is 9.57 Å². The molecule has 1 amide bonds. The Morgan fingerprint density at radius 1 is 1.14 bits per heavy atom. The van der Waals surface area contributed by atoms with Crippen LogP contribution in [0, 0.1) is 6.92 Å². The van der Waals surface area contributed by atoms with Crippen LogP contribution in [0.15, 0.2) is 61.3 Å². The Labute approximate surface area is 169 Å². The Kier molecular flexibility index (Phi) is 5.74. The van der Waals surface area contributed by atoms with E-state index in [9.17, 15) is 4.79 Å². The van der Waals surface area contributed by atoms with Crippen LogP contribution in [0.2, 0.25) is 0 Å². The summed E-state index contributed by atoms with van der Waals surface area (Å²) >= 11 is 0. The van der Waals surface area contributed by atoms with Crippen molar-refractivity contribution < 1.29 is 14.4 Å². The van der Waals surface area contributed by atoms with Gasteiger partial charge in [0.15, 0.2) is 0 Å². The minimum absolute atomic E-state index is 0.0720. The number of carbonyl (C=O) groups is 1. The van der Waals surface area contributed by atoms with E-state index < -0.39 is 0 Å². The molecule has 0 aliphatic carbocycles. The summed E-state index contributed by atoms with van der Waals surface area (Å²) in [6.45, 7) is 3.27. The van der Waals surface area contributed by atoms with Crippen molar-refractivity contribution in [1.29, 1.82) is 0 Å². The number of rotatable bonds is 5. The molecule has 3 aromatic rings. The van der Waals surface area contributed by atoms with Gasteiger partial charge in [-0.3, -0.25) is 4.98 Å². The highest BCUT2D eigenvalue weighted by Crippen LogP contribution is 2.18. The first-order chi connectivity index (χ1) is 14.2. The number of nitrogens with zero attached hydrogens (tertiary/aromatic N) is 4. The number of carbonyl (C=O) groups excluding carboxylic acids is 1. The summed E-state index contributed by atoms with van der Waals surface area (Å²) in [6.07, 6.45) is 8.91. The fourth-order valence-electron chi connectivity index (χ4n) is 3.37. The topological polar surface area (TPSA) is 69.5 Å². The van der Waals surface area contributed by atoms with Crippen molar-refractivity contribution in [3.8, 4) is 5.75 Å². The fourth-order valence-corrected chi connectivity index (χ4v) is 3.37. The number of aryl methyl sites for hydroxylation is 1. The maximum atomic E-state index is 12.4. The number of imidazole rings is 1. The zero-order chi connectivity index (χ0) is 20.1. The molecule has 29 heavy (non-hydrogen) atoms. The van der Waals surface area contributed by atoms with Crippen molar-refractivity contribution in [2.45, 2.75) is 32.3 Å². The lowest BCUT2D eigenvalue weighted by molar-refractivity contribution is -0.0000188. The average Bonchev–Trinajstić information content (AvgIpc) is 3.23. The molecule has 2 aromatic heterocycles. The number of likely N-dealkylation sites (tertiary alicyclic amines) is 1. The zero-order valence-corrected chi connectivity index (χ0v) is 16.4. The van der Waals surface area contributed by atoms with E-state index in [2.05, 4.69) is 23.0 Å². The van der Waals surface area contributed by atoms with Crippen LogP contribution >= 0.6 is 0 Å². The van der Waals surface area contributed by atoms with E-state index in [0.29, 0.717) is 18.8 Å². The Balaban J connectivity index is 1.26. The molecule has 0 N–H and O–H groups in total. The van der Waals surface area contributed by atoms with Gasteiger partial charge in [0.2, 0.25) is 0 Å². The molecule has 1 saturated heterocycles. The Morgan fingerprint density at radius 3 is 2.62 bits per heavy atom. The van der Waals surface area contributed by atoms with Gasteiger partial charge in [-0.25, -0.2) is 9.78 Å². The monoisotopic (exact) mass is 392 g/mol. The highest BCUT2D eigenvalue weighted by Gasteiger charge is 2.25. The summed E-state index contributed by atoms with van der Waals surface area (Å²) in [6, 6.07) is 11.7.